The molecule has 0 saturated carbocycles. The minimum absolute atomic E-state index is 1.10. The molecule has 13 heavy (non-hydrogen) atoms. The third-order valence-electron chi connectivity index (χ3n) is 2.58. The standard InChI is InChI=1S/C12H13N/c1-8-4-5-13-12-7-10(3)9(2)6-11(8)12/h4-7H,1-3H3. The molecule has 66 valence electrons. The number of hydrogen-bond donors (Lipinski definition) is 0. The maximum Gasteiger partial charge on any atom is 0.0707 e. The highest BCUT2D eigenvalue weighted by Crippen LogP contribution is 2.19. The SMILES string of the molecule is Cc1cc2nccc(C)c2cc1C. The highest BCUT2D eigenvalue weighted by molar-refractivity contribution is 5.83. The smallest absolute Gasteiger partial charge is 0.0707 e. The van der Waals surface area contributed by atoms with E-state index < -0.39 is 0 Å². The highest BCUT2D eigenvalue weighted by atomic mass is 14.6. The van der Waals surface area contributed by atoms with Crippen molar-refractivity contribution in [2.45, 2.75) is 20.8 Å². The average Bonchev–Trinajstić information content (AvgIpc) is 2.09. The first-order valence-corrected chi connectivity index (χ1v) is 4.51. The summed E-state index contributed by atoms with van der Waals surface area (Å²) < 4.78 is 0. The van der Waals surface area contributed by atoms with Gasteiger partial charge in [-0.1, -0.05) is 0 Å². The lowest BCUT2D eigenvalue weighted by atomic mass is 10.0. The molecule has 0 saturated heterocycles. The number of fused-ring (bicyclic) bond motifs is 1. The zero-order valence-corrected chi connectivity index (χ0v) is 8.26. The Labute approximate surface area is 78.4 Å². The zero-order valence-electron chi connectivity index (χ0n) is 8.26. The number of aromatic nitrogens is 1. The van der Waals surface area contributed by atoms with Gasteiger partial charge in [-0.15, -0.1) is 0 Å². The van der Waals surface area contributed by atoms with Crippen LogP contribution in [0.4, 0.5) is 0 Å². The van der Waals surface area contributed by atoms with Crippen LogP contribution in [0.2, 0.25) is 0 Å². The van der Waals surface area contributed by atoms with Gasteiger partial charge in [-0.05, 0) is 55.7 Å². The molecule has 0 atom stereocenters. The summed E-state index contributed by atoms with van der Waals surface area (Å²) in [4.78, 5) is 4.34. The summed E-state index contributed by atoms with van der Waals surface area (Å²) >= 11 is 0. The Morgan fingerprint density at radius 1 is 0.923 bits per heavy atom. The maximum atomic E-state index is 4.34. The van der Waals surface area contributed by atoms with Crippen LogP contribution in [-0.2, 0) is 0 Å². The molecule has 1 heteroatoms. The third-order valence-corrected chi connectivity index (χ3v) is 2.58. The predicted octanol–water partition coefficient (Wildman–Crippen LogP) is 3.16. The van der Waals surface area contributed by atoms with Gasteiger partial charge in [0.05, 0.1) is 5.52 Å². The fourth-order valence-electron chi connectivity index (χ4n) is 1.54. The van der Waals surface area contributed by atoms with E-state index in [-0.39, 0.29) is 0 Å². The van der Waals surface area contributed by atoms with E-state index in [4.69, 9.17) is 0 Å². The van der Waals surface area contributed by atoms with Crippen LogP contribution in [0, 0.1) is 20.8 Å². The second-order valence-electron chi connectivity index (χ2n) is 3.58. The molecule has 0 spiro atoms. The Hall–Kier alpha value is -1.37. The van der Waals surface area contributed by atoms with E-state index in [1.165, 1.54) is 22.1 Å². The number of rotatable bonds is 0. The quantitative estimate of drug-likeness (QED) is 0.593. The second-order valence-corrected chi connectivity index (χ2v) is 3.58. The fraction of sp³-hybridized carbons (Fsp3) is 0.250. The highest BCUT2D eigenvalue weighted by Gasteiger charge is 2.00. The van der Waals surface area contributed by atoms with E-state index >= 15 is 0 Å². The van der Waals surface area contributed by atoms with Gasteiger partial charge in [-0.2, -0.15) is 0 Å². The van der Waals surface area contributed by atoms with Crippen LogP contribution < -0.4 is 0 Å². The predicted molar refractivity (Wildman–Crippen MR) is 56.0 cm³/mol. The third kappa shape index (κ3) is 1.31. The topological polar surface area (TPSA) is 12.9 Å². The van der Waals surface area contributed by atoms with Crippen molar-refractivity contribution in [1.29, 1.82) is 0 Å². The average molecular weight is 171 g/mol. The van der Waals surface area contributed by atoms with Crippen LogP contribution >= 0.6 is 0 Å². The summed E-state index contributed by atoms with van der Waals surface area (Å²) in [6, 6.07) is 6.42. The van der Waals surface area contributed by atoms with Crippen molar-refractivity contribution in [1.82, 2.24) is 4.98 Å². The molecular weight excluding hydrogens is 158 g/mol. The molecule has 0 unspecified atom stereocenters. The largest absolute Gasteiger partial charge is 0.256 e. The number of hydrogen-bond acceptors (Lipinski definition) is 1. The summed E-state index contributed by atoms with van der Waals surface area (Å²) in [5.41, 5.74) is 5.05. The first-order chi connectivity index (χ1) is 6.18. The van der Waals surface area contributed by atoms with Gasteiger partial charge in [0.25, 0.3) is 0 Å². The Morgan fingerprint density at radius 3 is 2.38 bits per heavy atom. The molecule has 1 nitrogen and oxygen atoms in total. The van der Waals surface area contributed by atoms with E-state index in [9.17, 15) is 0 Å². The number of nitrogens with zero attached hydrogens (tertiary/aromatic N) is 1. The van der Waals surface area contributed by atoms with Crippen LogP contribution in [-0.4, -0.2) is 4.98 Å². The van der Waals surface area contributed by atoms with Crippen LogP contribution in [0.3, 0.4) is 0 Å². The molecule has 0 bridgehead atoms. The first kappa shape index (κ1) is 8.24. The Morgan fingerprint density at radius 2 is 1.62 bits per heavy atom. The lowest BCUT2D eigenvalue weighted by Crippen LogP contribution is -1.86. The summed E-state index contributed by atoms with van der Waals surface area (Å²) in [6.07, 6.45) is 1.87. The molecule has 0 radical (unpaired) electrons. The monoisotopic (exact) mass is 171 g/mol. The Balaban J connectivity index is 2.89. The van der Waals surface area contributed by atoms with E-state index in [1.807, 2.05) is 6.20 Å². The van der Waals surface area contributed by atoms with Crippen LogP contribution in [0.5, 0.6) is 0 Å². The summed E-state index contributed by atoms with van der Waals surface area (Å²) in [6.45, 7) is 6.39. The van der Waals surface area contributed by atoms with Crippen molar-refractivity contribution in [2.24, 2.45) is 0 Å². The minimum Gasteiger partial charge on any atom is -0.256 e. The molecule has 0 aliphatic rings. The van der Waals surface area contributed by atoms with Gasteiger partial charge in [0.15, 0.2) is 0 Å². The van der Waals surface area contributed by atoms with Crippen molar-refractivity contribution in [3.8, 4) is 0 Å². The van der Waals surface area contributed by atoms with E-state index in [1.54, 1.807) is 0 Å². The fourth-order valence-corrected chi connectivity index (χ4v) is 1.54. The molecule has 1 aromatic carbocycles. The molecule has 0 fully saturated rings. The number of benzene rings is 1. The van der Waals surface area contributed by atoms with Crippen LogP contribution in [0.15, 0.2) is 24.4 Å². The van der Waals surface area contributed by atoms with Gasteiger partial charge in [0.2, 0.25) is 0 Å². The van der Waals surface area contributed by atoms with Gasteiger partial charge in [0, 0.05) is 11.6 Å². The molecule has 2 rings (SSSR count). The number of aryl methyl sites for hydroxylation is 3. The minimum atomic E-state index is 1.10. The van der Waals surface area contributed by atoms with E-state index in [0.29, 0.717) is 0 Å². The molecule has 0 aliphatic heterocycles. The van der Waals surface area contributed by atoms with Gasteiger partial charge in [-0.3, -0.25) is 4.98 Å². The molecule has 1 heterocycles. The van der Waals surface area contributed by atoms with Gasteiger partial charge < -0.3 is 0 Å². The maximum absolute atomic E-state index is 4.34. The summed E-state index contributed by atoms with van der Waals surface area (Å²) in [7, 11) is 0. The van der Waals surface area contributed by atoms with Gasteiger partial charge in [-0.25, -0.2) is 0 Å². The molecule has 0 N–H and O–H groups in total. The normalized spacial score (nSPS) is 10.7. The van der Waals surface area contributed by atoms with E-state index in [2.05, 4.69) is 44.0 Å². The van der Waals surface area contributed by atoms with Crippen molar-refractivity contribution in [3.05, 3.63) is 41.1 Å². The van der Waals surface area contributed by atoms with Crippen LogP contribution in [0.25, 0.3) is 10.9 Å². The second kappa shape index (κ2) is 2.84. The molecule has 0 amide bonds. The molecular formula is C12H13N. The number of pyridine rings is 1. The Bertz CT molecular complexity index is 458. The first-order valence-electron chi connectivity index (χ1n) is 4.51. The van der Waals surface area contributed by atoms with Crippen molar-refractivity contribution in [2.75, 3.05) is 0 Å². The summed E-state index contributed by atoms with van der Waals surface area (Å²) in [5, 5.41) is 1.27. The van der Waals surface area contributed by atoms with Gasteiger partial charge >= 0.3 is 0 Å². The summed E-state index contributed by atoms with van der Waals surface area (Å²) in [5.74, 6) is 0. The van der Waals surface area contributed by atoms with Crippen LogP contribution in [0.1, 0.15) is 16.7 Å². The van der Waals surface area contributed by atoms with Crippen molar-refractivity contribution < 1.29 is 0 Å². The van der Waals surface area contributed by atoms with E-state index in [0.717, 1.165) is 5.52 Å². The van der Waals surface area contributed by atoms with Crippen molar-refractivity contribution in [3.63, 3.8) is 0 Å². The lowest BCUT2D eigenvalue weighted by molar-refractivity contribution is 1.31. The molecule has 0 aliphatic carbocycles. The molecule has 1 aromatic heterocycles. The van der Waals surface area contributed by atoms with Gasteiger partial charge in [0.1, 0.15) is 0 Å². The lowest BCUT2D eigenvalue weighted by Gasteiger charge is -2.04. The molecule has 2 aromatic rings. The van der Waals surface area contributed by atoms with Crippen molar-refractivity contribution >= 4 is 10.9 Å². The Kier molecular flexibility index (Phi) is 1.80. The zero-order chi connectivity index (χ0) is 9.42.